The maximum atomic E-state index is 14.6. The Labute approximate surface area is 433 Å². The second-order valence-electron chi connectivity index (χ2n) is 21.3. The first-order chi connectivity index (χ1) is 34.7. The highest BCUT2D eigenvalue weighted by Crippen LogP contribution is 2.38. The zero-order valence-corrected chi connectivity index (χ0v) is 44.9. The molecule has 404 valence electrons. The van der Waals surface area contributed by atoms with Gasteiger partial charge in [0.25, 0.3) is 11.7 Å². The Hall–Kier alpha value is -4.64. The van der Waals surface area contributed by atoms with Crippen LogP contribution in [0, 0.1) is 35.5 Å². The normalized spacial score (nSPS) is 37.1. The van der Waals surface area contributed by atoms with Crippen LogP contribution in [0.2, 0.25) is 0 Å². The minimum absolute atomic E-state index is 0.00536. The van der Waals surface area contributed by atoms with Crippen LogP contribution in [0.5, 0.6) is 0 Å². The van der Waals surface area contributed by atoms with E-state index in [1.807, 2.05) is 64.1 Å². The molecule has 1 saturated carbocycles. The van der Waals surface area contributed by atoms with E-state index in [0.717, 1.165) is 5.57 Å². The van der Waals surface area contributed by atoms with Crippen molar-refractivity contribution in [2.24, 2.45) is 35.5 Å². The molecular weight excluding hydrogens is 935 g/mol. The lowest BCUT2D eigenvalue weighted by Crippen LogP contribution is -2.61. The highest BCUT2D eigenvalue weighted by Gasteiger charge is 2.53. The summed E-state index contributed by atoms with van der Waals surface area (Å²) in [6.45, 7) is 12.7. The minimum atomic E-state index is -2.45. The molecule has 3 fully saturated rings. The number of amides is 1. The van der Waals surface area contributed by atoms with Crippen LogP contribution in [-0.2, 0) is 52.4 Å². The Balaban J connectivity index is 1.44. The monoisotopic (exact) mass is 1020 g/mol. The van der Waals surface area contributed by atoms with Gasteiger partial charge >= 0.3 is 11.9 Å². The van der Waals surface area contributed by atoms with Gasteiger partial charge in [-0.3, -0.25) is 19.2 Å². The first-order valence-electron chi connectivity index (χ1n) is 26.5. The van der Waals surface area contributed by atoms with E-state index in [1.165, 1.54) is 12.0 Å². The second kappa shape index (κ2) is 27.8. The molecule has 0 aromatic heterocycles. The number of Topliss-reactive ketones (excluding diaryl/α,β-unsaturated/α-hetero) is 3. The number of hydrogen-bond donors (Lipinski definition) is 2. The molecule has 1 aliphatic carbocycles. The molecule has 4 aliphatic rings. The number of piperidine rings is 1. The number of cyclic esters (lactones) is 1. The predicted molar refractivity (Wildman–Crippen MR) is 275 cm³/mol. The van der Waals surface area contributed by atoms with Gasteiger partial charge in [0.15, 0.2) is 5.78 Å². The molecule has 3 aliphatic heterocycles. The fourth-order valence-electron chi connectivity index (χ4n) is 11.0. The summed E-state index contributed by atoms with van der Waals surface area (Å²) in [5, 5.41) is 23.5. The molecule has 2 saturated heterocycles. The van der Waals surface area contributed by atoms with E-state index in [2.05, 4.69) is 0 Å². The quantitative estimate of drug-likeness (QED) is 0.144. The molecule has 1 aromatic carbocycles. The number of methoxy groups -OCH3 is 3. The van der Waals surface area contributed by atoms with Gasteiger partial charge in [0.2, 0.25) is 5.79 Å². The van der Waals surface area contributed by atoms with Crippen LogP contribution >= 0.6 is 0 Å². The number of esters is 2. The summed E-state index contributed by atoms with van der Waals surface area (Å²) in [7, 11) is 4.53. The van der Waals surface area contributed by atoms with Crippen molar-refractivity contribution in [1.82, 2.24) is 4.90 Å². The van der Waals surface area contributed by atoms with E-state index in [1.54, 1.807) is 65.3 Å². The SMILES string of the molecule is CO[C@H]1C[C@@H]2CC[C@@H](C)[C@@](O)(O2)C(=O)C(=O)N2CCCC[C@H]2C(=O)O[C@H](C(C)C[C@@H]2CC[C@@H](OC(=O)c3ccccc3)[C@H](OC)C2)CC(=O)[C@H](C)/C=C(\C)[C@@H](O)[C@@H](OC)C(=O)[C@H](C)C[C@H](C)/C=C/C=C/C=C/1C. The lowest BCUT2D eigenvalue weighted by atomic mass is 9.78. The smallest absolute Gasteiger partial charge is 0.338 e. The minimum Gasteiger partial charge on any atom is -0.460 e. The van der Waals surface area contributed by atoms with Crippen LogP contribution in [0.15, 0.2) is 77.9 Å². The molecule has 5 rings (SSSR count). The fraction of sp³-hybridized carbons (Fsp3) is 0.655. The maximum Gasteiger partial charge on any atom is 0.338 e. The number of ketones is 3. The van der Waals surface area contributed by atoms with Crippen molar-refractivity contribution in [1.29, 1.82) is 0 Å². The number of ether oxygens (including phenoxy) is 6. The molecule has 15 nitrogen and oxygen atoms in total. The summed E-state index contributed by atoms with van der Waals surface area (Å²) in [5.74, 6) is -8.71. The predicted octanol–water partition coefficient (Wildman–Crippen LogP) is 8.05. The van der Waals surface area contributed by atoms with Crippen LogP contribution in [0.3, 0.4) is 0 Å². The van der Waals surface area contributed by atoms with Gasteiger partial charge in [0.1, 0.15) is 36.2 Å². The Bertz CT molecular complexity index is 2170. The summed E-state index contributed by atoms with van der Waals surface area (Å²) in [6, 6.07) is 7.59. The molecule has 1 unspecified atom stereocenters. The Morgan fingerprint density at radius 3 is 2.25 bits per heavy atom. The van der Waals surface area contributed by atoms with Gasteiger partial charge in [-0.1, -0.05) is 89.3 Å². The number of benzene rings is 1. The average Bonchev–Trinajstić information content (AvgIpc) is 3.38. The van der Waals surface area contributed by atoms with Crippen molar-refractivity contribution in [3.63, 3.8) is 0 Å². The van der Waals surface area contributed by atoms with E-state index in [4.69, 9.17) is 28.4 Å². The van der Waals surface area contributed by atoms with E-state index in [0.29, 0.717) is 75.3 Å². The van der Waals surface area contributed by atoms with Gasteiger partial charge < -0.3 is 43.5 Å². The van der Waals surface area contributed by atoms with Crippen LogP contribution in [-0.4, -0.2) is 133 Å². The molecule has 3 heterocycles. The van der Waals surface area contributed by atoms with Crippen molar-refractivity contribution in [2.45, 2.75) is 180 Å². The molecule has 2 bridgehead atoms. The summed E-state index contributed by atoms with van der Waals surface area (Å²) < 4.78 is 35.8. The van der Waals surface area contributed by atoms with Gasteiger partial charge in [-0.25, -0.2) is 9.59 Å². The van der Waals surface area contributed by atoms with Crippen LogP contribution in [0.4, 0.5) is 0 Å². The van der Waals surface area contributed by atoms with Gasteiger partial charge in [-0.05, 0) is 119 Å². The van der Waals surface area contributed by atoms with E-state index in [9.17, 15) is 39.0 Å². The Morgan fingerprint density at radius 2 is 1.56 bits per heavy atom. The number of allylic oxidation sites excluding steroid dienone is 6. The number of nitrogens with zero attached hydrogens (tertiary/aromatic N) is 1. The van der Waals surface area contributed by atoms with Crippen molar-refractivity contribution < 1.29 is 67.4 Å². The number of fused-ring (bicyclic) bond motifs is 3. The maximum absolute atomic E-state index is 14.6. The highest BCUT2D eigenvalue weighted by molar-refractivity contribution is 6.39. The van der Waals surface area contributed by atoms with Gasteiger partial charge in [0, 0.05) is 58.5 Å². The van der Waals surface area contributed by atoms with Crippen molar-refractivity contribution in [2.75, 3.05) is 27.9 Å². The number of rotatable bonds is 8. The number of hydrogen-bond acceptors (Lipinski definition) is 14. The van der Waals surface area contributed by atoms with E-state index >= 15 is 0 Å². The summed E-state index contributed by atoms with van der Waals surface area (Å²) in [6.07, 6.45) is 10.8. The lowest BCUT2D eigenvalue weighted by Gasteiger charge is -2.42. The van der Waals surface area contributed by atoms with Crippen molar-refractivity contribution >= 4 is 35.2 Å². The Morgan fingerprint density at radius 1 is 0.836 bits per heavy atom. The van der Waals surface area contributed by atoms with Crippen molar-refractivity contribution in [3.8, 4) is 0 Å². The summed E-state index contributed by atoms with van der Waals surface area (Å²) in [5.41, 5.74) is 1.69. The molecule has 2 N–H and O–H groups in total. The fourth-order valence-corrected chi connectivity index (χ4v) is 11.0. The summed E-state index contributed by atoms with van der Waals surface area (Å²) >= 11 is 0. The molecule has 0 spiro atoms. The first-order valence-corrected chi connectivity index (χ1v) is 26.5. The second-order valence-corrected chi connectivity index (χ2v) is 21.3. The third kappa shape index (κ3) is 15.7. The lowest BCUT2D eigenvalue weighted by molar-refractivity contribution is -0.265. The average molecular weight is 1020 g/mol. The van der Waals surface area contributed by atoms with Crippen LogP contribution in [0.25, 0.3) is 0 Å². The molecular formula is C58H83NO14. The first kappa shape index (κ1) is 59.2. The molecule has 15 atom stereocenters. The topological polar surface area (TPSA) is 201 Å². The van der Waals surface area contributed by atoms with Gasteiger partial charge in [-0.15, -0.1) is 0 Å². The van der Waals surface area contributed by atoms with Crippen molar-refractivity contribution in [3.05, 3.63) is 83.5 Å². The number of aliphatic hydroxyl groups excluding tert-OH is 1. The highest BCUT2D eigenvalue weighted by atomic mass is 16.6. The van der Waals surface area contributed by atoms with Gasteiger partial charge in [0.05, 0.1) is 23.9 Å². The Kier molecular flexibility index (Phi) is 22.5. The zero-order chi connectivity index (χ0) is 53.6. The molecule has 73 heavy (non-hydrogen) atoms. The number of aliphatic hydroxyl groups is 2. The molecule has 1 amide bonds. The number of carbonyl (C=O) groups is 6. The van der Waals surface area contributed by atoms with Crippen LogP contribution < -0.4 is 0 Å². The van der Waals surface area contributed by atoms with E-state index in [-0.39, 0.29) is 42.8 Å². The molecule has 1 aromatic rings. The largest absolute Gasteiger partial charge is 0.460 e. The zero-order valence-electron chi connectivity index (χ0n) is 44.9. The van der Waals surface area contributed by atoms with Crippen LogP contribution in [0.1, 0.15) is 136 Å². The van der Waals surface area contributed by atoms with Gasteiger partial charge in [-0.2, -0.15) is 0 Å². The number of carbonyl (C=O) groups excluding carboxylic acids is 6. The standard InChI is InChI=1S/C58H83NO14/c1-35-19-13-11-14-20-36(2)48(68-8)33-44-26-24-41(7)58(67,73-44)54(63)55(64)59-28-18-17-23-45(59)57(66)72-49(34-46(60)37(3)30-40(6)52(62)53(70-10)51(61)39(5)29-35)38(4)31-42-25-27-47(50(32-42)69-9)71-56(65)43-21-15-12-16-22-43/h11-16,19-22,30,35,37-39,41-42,44-45,47-50,52-53,62,67H,17-18,23-29,31-34H2,1-10H3/b14-11+,19-13+,36-20+,40-30+/t35-,37-,38?,39-,41-,42+,44+,45+,47-,48+,49+,50-,52-,53+,58-/m1/s1. The summed E-state index contributed by atoms with van der Waals surface area (Å²) in [4.78, 5) is 85.5. The third-order valence-electron chi connectivity index (χ3n) is 15.7. The third-order valence-corrected chi connectivity index (χ3v) is 15.7. The molecule has 0 radical (unpaired) electrons. The molecule has 15 heteroatoms. The van der Waals surface area contributed by atoms with E-state index < -0.39 is 102 Å².